The van der Waals surface area contributed by atoms with Gasteiger partial charge in [-0.05, 0) is 31.2 Å². The molecule has 3 heteroatoms. The molecular formula is C10H12N2O. The van der Waals surface area contributed by atoms with E-state index < -0.39 is 0 Å². The van der Waals surface area contributed by atoms with Crippen LogP contribution in [-0.2, 0) is 0 Å². The third-order valence-electron chi connectivity index (χ3n) is 1.50. The third-order valence-corrected chi connectivity index (χ3v) is 1.50. The second kappa shape index (κ2) is 4.48. The molecule has 0 aliphatic rings. The van der Waals surface area contributed by atoms with Crippen LogP contribution in [0, 0.1) is 11.3 Å². The SMILES string of the molecule is CC(N)COc1ccc(C#N)cc1. The zero-order valence-electron chi connectivity index (χ0n) is 7.53. The molecule has 0 heterocycles. The highest BCUT2D eigenvalue weighted by Gasteiger charge is 1.96. The number of rotatable bonds is 3. The van der Waals surface area contributed by atoms with Crippen LogP contribution in [0.5, 0.6) is 5.75 Å². The van der Waals surface area contributed by atoms with Crippen LogP contribution in [0.4, 0.5) is 0 Å². The van der Waals surface area contributed by atoms with E-state index in [1.165, 1.54) is 0 Å². The molecule has 1 rings (SSSR count). The van der Waals surface area contributed by atoms with Crippen LogP contribution in [0.2, 0.25) is 0 Å². The number of nitrogens with zero attached hydrogens (tertiary/aromatic N) is 1. The van der Waals surface area contributed by atoms with Crippen molar-refractivity contribution in [1.29, 1.82) is 5.26 Å². The van der Waals surface area contributed by atoms with Gasteiger partial charge in [-0.15, -0.1) is 0 Å². The first-order chi connectivity index (χ1) is 6.22. The minimum absolute atomic E-state index is 0.0237. The average Bonchev–Trinajstić information content (AvgIpc) is 2.15. The minimum Gasteiger partial charge on any atom is -0.492 e. The molecule has 0 radical (unpaired) electrons. The monoisotopic (exact) mass is 176 g/mol. The molecule has 0 saturated heterocycles. The van der Waals surface area contributed by atoms with E-state index >= 15 is 0 Å². The van der Waals surface area contributed by atoms with Gasteiger partial charge >= 0.3 is 0 Å². The van der Waals surface area contributed by atoms with Crippen molar-refractivity contribution in [3.63, 3.8) is 0 Å². The van der Waals surface area contributed by atoms with Crippen molar-refractivity contribution in [3.8, 4) is 11.8 Å². The zero-order valence-corrected chi connectivity index (χ0v) is 7.53. The molecule has 2 N–H and O–H groups in total. The lowest BCUT2D eigenvalue weighted by atomic mass is 10.2. The van der Waals surface area contributed by atoms with Gasteiger partial charge in [0.1, 0.15) is 12.4 Å². The lowest BCUT2D eigenvalue weighted by Crippen LogP contribution is -2.23. The fourth-order valence-electron chi connectivity index (χ4n) is 0.853. The molecule has 3 nitrogen and oxygen atoms in total. The normalized spacial score (nSPS) is 11.8. The summed E-state index contributed by atoms with van der Waals surface area (Å²) < 4.78 is 5.33. The van der Waals surface area contributed by atoms with Crippen LogP contribution in [0.15, 0.2) is 24.3 Å². The van der Waals surface area contributed by atoms with Crippen LogP contribution < -0.4 is 10.5 Å². The first kappa shape index (κ1) is 9.56. The van der Waals surface area contributed by atoms with Crippen LogP contribution in [0.3, 0.4) is 0 Å². The van der Waals surface area contributed by atoms with Crippen molar-refractivity contribution in [3.05, 3.63) is 29.8 Å². The maximum Gasteiger partial charge on any atom is 0.119 e. The predicted octanol–water partition coefficient (Wildman–Crippen LogP) is 1.28. The van der Waals surface area contributed by atoms with E-state index in [0.717, 1.165) is 5.75 Å². The largest absolute Gasteiger partial charge is 0.492 e. The maximum atomic E-state index is 8.54. The van der Waals surface area contributed by atoms with Gasteiger partial charge in [0.25, 0.3) is 0 Å². The molecule has 0 bridgehead atoms. The van der Waals surface area contributed by atoms with Gasteiger partial charge in [-0.2, -0.15) is 5.26 Å². The van der Waals surface area contributed by atoms with Gasteiger partial charge in [0, 0.05) is 6.04 Å². The van der Waals surface area contributed by atoms with E-state index in [2.05, 4.69) is 0 Å². The Morgan fingerprint density at radius 2 is 2.08 bits per heavy atom. The smallest absolute Gasteiger partial charge is 0.119 e. The number of ether oxygens (including phenoxy) is 1. The fraction of sp³-hybridized carbons (Fsp3) is 0.300. The van der Waals surface area contributed by atoms with Crippen LogP contribution in [0.1, 0.15) is 12.5 Å². The minimum atomic E-state index is 0.0237. The van der Waals surface area contributed by atoms with E-state index in [0.29, 0.717) is 12.2 Å². The Bertz CT molecular complexity index is 298. The molecule has 0 fully saturated rings. The van der Waals surface area contributed by atoms with Crippen LogP contribution >= 0.6 is 0 Å². The highest BCUT2D eigenvalue weighted by atomic mass is 16.5. The Kier molecular flexibility index (Phi) is 3.30. The Balaban J connectivity index is 2.55. The summed E-state index contributed by atoms with van der Waals surface area (Å²) in [7, 11) is 0. The number of benzene rings is 1. The first-order valence-electron chi connectivity index (χ1n) is 4.11. The topological polar surface area (TPSA) is 59.0 Å². The summed E-state index contributed by atoms with van der Waals surface area (Å²) in [5.74, 6) is 0.747. The van der Waals surface area contributed by atoms with Gasteiger partial charge in [0.2, 0.25) is 0 Å². The van der Waals surface area contributed by atoms with Crippen molar-refractivity contribution in [2.75, 3.05) is 6.61 Å². The Morgan fingerprint density at radius 1 is 1.46 bits per heavy atom. The van der Waals surface area contributed by atoms with Crippen molar-refractivity contribution >= 4 is 0 Å². The molecule has 0 aliphatic carbocycles. The summed E-state index contributed by atoms with van der Waals surface area (Å²) in [5.41, 5.74) is 6.15. The molecular weight excluding hydrogens is 164 g/mol. The summed E-state index contributed by atoms with van der Waals surface area (Å²) in [6.07, 6.45) is 0. The molecule has 0 saturated carbocycles. The molecule has 1 aromatic carbocycles. The van der Waals surface area contributed by atoms with Crippen molar-refractivity contribution < 1.29 is 4.74 Å². The third kappa shape index (κ3) is 3.14. The van der Waals surface area contributed by atoms with E-state index in [9.17, 15) is 0 Å². The average molecular weight is 176 g/mol. The predicted molar refractivity (Wildman–Crippen MR) is 50.3 cm³/mol. The molecule has 1 aromatic rings. The van der Waals surface area contributed by atoms with Gasteiger partial charge in [-0.1, -0.05) is 0 Å². The summed E-state index contributed by atoms with van der Waals surface area (Å²) in [6, 6.07) is 9.03. The second-order valence-corrected chi connectivity index (χ2v) is 2.92. The fourth-order valence-corrected chi connectivity index (χ4v) is 0.853. The zero-order chi connectivity index (χ0) is 9.68. The number of nitriles is 1. The summed E-state index contributed by atoms with van der Waals surface area (Å²) >= 11 is 0. The highest BCUT2D eigenvalue weighted by Crippen LogP contribution is 2.11. The van der Waals surface area contributed by atoms with Gasteiger partial charge in [-0.3, -0.25) is 0 Å². The second-order valence-electron chi connectivity index (χ2n) is 2.92. The summed E-state index contributed by atoms with van der Waals surface area (Å²) in [4.78, 5) is 0. The molecule has 1 unspecified atom stereocenters. The number of nitrogens with two attached hydrogens (primary N) is 1. The standard InChI is InChI=1S/C10H12N2O/c1-8(12)7-13-10-4-2-9(6-11)3-5-10/h2-5,8H,7,12H2,1H3. The van der Waals surface area contributed by atoms with E-state index in [1.54, 1.807) is 24.3 Å². The molecule has 68 valence electrons. The maximum absolute atomic E-state index is 8.54. The van der Waals surface area contributed by atoms with E-state index in [1.807, 2.05) is 13.0 Å². The Morgan fingerprint density at radius 3 is 2.54 bits per heavy atom. The summed E-state index contributed by atoms with van der Waals surface area (Å²) in [6.45, 7) is 2.37. The van der Waals surface area contributed by atoms with Crippen molar-refractivity contribution in [1.82, 2.24) is 0 Å². The molecule has 1 atom stereocenters. The number of hydrogen-bond acceptors (Lipinski definition) is 3. The molecule has 0 aromatic heterocycles. The molecule has 0 aliphatic heterocycles. The van der Waals surface area contributed by atoms with Crippen molar-refractivity contribution in [2.45, 2.75) is 13.0 Å². The summed E-state index contributed by atoms with van der Waals surface area (Å²) in [5, 5.41) is 8.54. The molecule has 0 spiro atoms. The lowest BCUT2D eigenvalue weighted by molar-refractivity contribution is 0.296. The van der Waals surface area contributed by atoms with Crippen molar-refractivity contribution in [2.24, 2.45) is 5.73 Å². The van der Waals surface area contributed by atoms with E-state index in [-0.39, 0.29) is 6.04 Å². The Labute approximate surface area is 77.7 Å². The first-order valence-corrected chi connectivity index (χ1v) is 4.11. The van der Waals surface area contributed by atoms with Crippen LogP contribution in [0.25, 0.3) is 0 Å². The van der Waals surface area contributed by atoms with Crippen LogP contribution in [-0.4, -0.2) is 12.6 Å². The molecule has 13 heavy (non-hydrogen) atoms. The van der Waals surface area contributed by atoms with Gasteiger partial charge in [0.15, 0.2) is 0 Å². The molecule has 0 amide bonds. The Hall–Kier alpha value is -1.53. The van der Waals surface area contributed by atoms with Gasteiger partial charge in [-0.25, -0.2) is 0 Å². The van der Waals surface area contributed by atoms with E-state index in [4.69, 9.17) is 15.7 Å². The highest BCUT2D eigenvalue weighted by molar-refractivity contribution is 5.34. The van der Waals surface area contributed by atoms with Gasteiger partial charge < -0.3 is 10.5 Å². The lowest BCUT2D eigenvalue weighted by Gasteiger charge is -2.07. The number of hydrogen-bond donors (Lipinski definition) is 1. The van der Waals surface area contributed by atoms with Gasteiger partial charge in [0.05, 0.1) is 11.6 Å². The quantitative estimate of drug-likeness (QED) is 0.754.